The Bertz CT molecular complexity index is 656. The van der Waals surface area contributed by atoms with Gasteiger partial charge in [-0.2, -0.15) is 0 Å². The number of carboxylic acid groups (broad SMARTS) is 1. The van der Waals surface area contributed by atoms with E-state index in [2.05, 4.69) is 31.1 Å². The Kier molecular flexibility index (Phi) is 5.55. The van der Waals surface area contributed by atoms with Crippen molar-refractivity contribution < 1.29 is 9.90 Å². The Morgan fingerprint density at radius 1 is 1.30 bits per heavy atom. The monoisotopic (exact) mass is 332 g/mol. The fourth-order valence-corrected chi connectivity index (χ4v) is 3.16. The molecule has 1 aromatic carbocycles. The van der Waals surface area contributed by atoms with Gasteiger partial charge in [-0.25, -0.2) is 4.98 Å². The fraction of sp³-hybridized carbons (Fsp3) is 0.444. The predicted molar refractivity (Wildman–Crippen MR) is 93.8 cm³/mol. The van der Waals surface area contributed by atoms with E-state index in [1.54, 1.807) is 11.3 Å². The van der Waals surface area contributed by atoms with Gasteiger partial charge in [0.1, 0.15) is 0 Å². The second-order valence-corrected chi connectivity index (χ2v) is 7.94. The fourth-order valence-electron chi connectivity index (χ4n) is 2.24. The molecule has 5 heteroatoms. The van der Waals surface area contributed by atoms with Crippen molar-refractivity contribution in [3.63, 3.8) is 0 Å². The van der Waals surface area contributed by atoms with Crippen LogP contribution in [0.15, 0.2) is 30.5 Å². The van der Waals surface area contributed by atoms with Gasteiger partial charge in [-0.15, -0.1) is 11.3 Å². The highest BCUT2D eigenvalue weighted by molar-refractivity contribution is 7.11. The summed E-state index contributed by atoms with van der Waals surface area (Å²) >= 11 is 1.68. The first-order chi connectivity index (χ1) is 10.8. The highest BCUT2D eigenvalue weighted by Crippen LogP contribution is 2.27. The van der Waals surface area contributed by atoms with Gasteiger partial charge in [0.15, 0.2) is 0 Å². The van der Waals surface area contributed by atoms with Gasteiger partial charge in [0.05, 0.1) is 11.4 Å². The molecule has 0 unspecified atom stereocenters. The summed E-state index contributed by atoms with van der Waals surface area (Å²) in [5, 5.41) is 13.6. The standard InChI is InChI=1S/C18H24N2O2S/c1-12-5-7-13(8-6-12)15(9-16(21)22)19-10-14-11-20-17(23-14)18(2,3)4/h5-8,11,15,19H,9-10H2,1-4H3,(H,21,22)/t15-/m1/s1. The molecule has 0 saturated carbocycles. The summed E-state index contributed by atoms with van der Waals surface area (Å²) in [4.78, 5) is 16.7. The lowest BCUT2D eigenvalue weighted by molar-refractivity contribution is -0.137. The zero-order chi connectivity index (χ0) is 17.0. The molecule has 0 saturated heterocycles. The zero-order valence-electron chi connectivity index (χ0n) is 14.1. The Labute approximate surface area is 141 Å². The number of carbonyl (C=O) groups is 1. The molecule has 2 N–H and O–H groups in total. The van der Waals surface area contributed by atoms with Crippen LogP contribution in [0.2, 0.25) is 0 Å². The summed E-state index contributed by atoms with van der Waals surface area (Å²) in [7, 11) is 0. The van der Waals surface area contributed by atoms with E-state index in [0.29, 0.717) is 6.54 Å². The van der Waals surface area contributed by atoms with Crippen LogP contribution in [0, 0.1) is 6.92 Å². The van der Waals surface area contributed by atoms with Gasteiger partial charge >= 0.3 is 5.97 Å². The Morgan fingerprint density at radius 3 is 2.48 bits per heavy atom. The number of hydrogen-bond acceptors (Lipinski definition) is 4. The lowest BCUT2D eigenvalue weighted by atomic mass is 9.98. The summed E-state index contributed by atoms with van der Waals surface area (Å²) in [6.45, 7) is 9.07. The molecule has 0 amide bonds. The Balaban J connectivity index is 2.08. The molecule has 2 aromatic rings. The van der Waals surface area contributed by atoms with Gasteiger partial charge in [0.25, 0.3) is 0 Å². The van der Waals surface area contributed by atoms with Crippen LogP contribution in [0.5, 0.6) is 0 Å². The van der Waals surface area contributed by atoms with Crippen molar-refractivity contribution in [2.75, 3.05) is 0 Å². The molecule has 2 rings (SSSR count). The number of nitrogens with one attached hydrogen (secondary N) is 1. The zero-order valence-corrected chi connectivity index (χ0v) is 14.9. The SMILES string of the molecule is Cc1ccc([C@@H](CC(=O)O)NCc2cnc(C(C)(C)C)s2)cc1. The topological polar surface area (TPSA) is 62.2 Å². The highest BCUT2D eigenvalue weighted by atomic mass is 32.1. The average molecular weight is 332 g/mol. The lowest BCUT2D eigenvalue weighted by Crippen LogP contribution is -2.23. The molecule has 1 heterocycles. The van der Waals surface area contributed by atoms with Crippen molar-refractivity contribution in [1.29, 1.82) is 0 Å². The molecule has 0 spiro atoms. The number of thiazole rings is 1. The van der Waals surface area contributed by atoms with Crippen molar-refractivity contribution in [3.8, 4) is 0 Å². The van der Waals surface area contributed by atoms with Crippen LogP contribution in [0.1, 0.15) is 54.2 Å². The van der Waals surface area contributed by atoms with Crippen molar-refractivity contribution in [1.82, 2.24) is 10.3 Å². The molecule has 0 aliphatic rings. The molecular formula is C18H24N2O2S. The van der Waals surface area contributed by atoms with Gasteiger partial charge in [0, 0.05) is 29.1 Å². The van der Waals surface area contributed by atoms with Crippen LogP contribution in [-0.4, -0.2) is 16.1 Å². The van der Waals surface area contributed by atoms with Crippen LogP contribution < -0.4 is 5.32 Å². The third-order valence-corrected chi connectivity index (χ3v) is 5.00. The number of carboxylic acids is 1. The van der Waals surface area contributed by atoms with Gasteiger partial charge in [-0.1, -0.05) is 50.6 Å². The molecule has 0 bridgehead atoms. The maximum Gasteiger partial charge on any atom is 0.305 e. The van der Waals surface area contributed by atoms with Gasteiger partial charge in [-0.05, 0) is 12.5 Å². The summed E-state index contributed by atoms with van der Waals surface area (Å²) < 4.78 is 0. The third kappa shape index (κ3) is 5.15. The van der Waals surface area contributed by atoms with Gasteiger partial charge in [0.2, 0.25) is 0 Å². The van der Waals surface area contributed by atoms with Gasteiger partial charge < -0.3 is 10.4 Å². The molecule has 0 aliphatic heterocycles. The molecular weight excluding hydrogens is 308 g/mol. The van der Waals surface area contributed by atoms with E-state index in [1.807, 2.05) is 37.4 Å². The molecule has 124 valence electrons. The minimum atomic E-state index is -0.803. The van der Waals surface area contributed by atoms with Crippen LogP contribution in [-0.2, 0) is 16.8 Å². The van der Waals surface area contributed by atoms with E-state index in [9.17, 15) is 4.79 Å². The summed E-state index contributed by atoms with van der Waals surface area (Å²) in [5.74, 6) is -0.803. The van der Waals surface area contributed by atoms with Crippen molar-refractivity contribution in [2.45, 2.75) is 52.1 Å². The Hall–Kier alpha value is -1.72. The average Bonchev–Trinajstić information content (AvgIpc) is 2.93. The van der Waals surface area contributed by atoms with E-state index in [1.165, 1.54) is 5.56 Å². The van der Waals surface area contributed by atoms with Crippen LogP contribution in [0.25, 0.3) is 0 Å². The maximum absolute atomic E-state index is 11.1. The quantitative estimate of drug-likeness (QED) is 0.837. The third-order valence-electron chi connectivity index (χ3n) is 3.58. The molecule has 23 heavy (non-hydrogen) atoms. The molecule has 0 aliphatic carbocycles. The summed E-state index contributed by atoms with van der Waals surface area (Å²) in [6, 6.07) is 7.80. The molecule has 1 aromatic heterocycles. The van der Waals surface area contributed by atoms with Crippen LogP contribution in [0.3, 0.4) is 0 Å². The van der Waals surface area contributed by atoms with E-state index < -0.39 is 5.97 Å². The number of aromatic nitrogens is 1. The smallest absolute Gasteiger partial charge is 0.305 e. The van der Waals surface area contributed by atoms with E-state index >= 15 is 0 Å². The second kappa shape index (κ2) is 7.23. The van der Waals surface area contributed by atoms with Gasteiger partial charge in [-0.3, -0.25) is 4.79 Å². The molecule has 1 atom stereocenters. The molecule has 0 radical (unpaired) electrons. The van der Waals surface area contributed by atoms with Crippen LogP contribution >= 0.6 is 11.3 Å². The normalized spacial score (nSPS) is 13.0. The summed E-state index contributed by atoms with van der Waals surface area (Å²) in [6.07, 6.45) is 1.94. The minimum absolute atomic E-state index is 0.0420. The largest absolute Gasteiger partial charge is 0.481 e. The number of hydrogen-bond donors (Lipinski definition) is 2. The molecule has 0 fully saturated rings. The van der Waals surface area contributed by atoms with E-state index in [4.69, 9.17) is 5.11 Å². The predicted octanol–water partition coefficient (Wildman–Crippen LogP) is 4.05. The maximum atomic E-state index is 11.1. The highest BCUT2D eigenvalue weighted by Gasteiger charge is 2.19. The second-order valence-electron chi connectivity index (χ2n) is 6.82. The minimum Gasteiger partial charge on any atom is -0.481 e. The first-order valence-electron chi connectivity index (χ1n) is 7.72. The van der Waals surface area contributed by atoms with Crippen LogP contribution in [0.4, 0.5) is 0 Å². The Morgan fingerprint density at radius 2 is 1.96 bits per heavy atom. The van der Waals surface area contributed by atoms with E-state index in [0.717, 1.165) is 15.4 Å². The number of nitrogens with zero attached hydrogens (tertiary/aromatic N) is 1. The van der Waals surface area contributed by atoms with Crippen molar-refractivity contribution in [3.05, 3.63) is 51.5 Å². The van der Waals surface area contributed by atoms with Crippen molar-refractivity contribution >= 4 is 17.3 Å². The molecule has 4 nitrogen and oxygen atoms in total. The number of benzene rings is 1. The first-order valence-corrected chi connectivity index (χ1v) is 8.54. The number of aliphatic carboxylic acids is 1. The number of rotatable bonds is 6. The van der Waals surface area contributed by atoms with Crippen molar-refractivity contribution in [2.24, 2.45) is 0 Å². The van der Waals surface area contributed by atoms with E-state index in [-0.39, 0.29) is 17.9 Å². The summed E-state index contributed by atoms with van der Waals surface area (Å²) in [5.41, 5.74) is 2.21. The number of aryl methyl sites for hydroxylation is 1. The first kappa shape index (κ1) is 17.6. The lowest BCUT2D eigenvalue weighted by Gasteiger charge is -2.17.